The zero-order valence-corrected chi connectivity index (χ0v) is 76.9. The Morgan fingerprint density at radius 2 is 0.320 bits per heavy atom. The Labute approximate surface area is 764 Å². The van der Waals surface area contributed by atoms with Gasteiger partial charge in [-0.25, -0.2) is 19.9 Å². The molecule has 10 heterocycles. The summed E-state index contributed by atoms with van der Waals surface area (Å²) in [5.74, 6) is 2.58. The Hall–Kier alpha value is -12.3. The van der Waals surface area contributed by atoms with E-state index in [9.17, 15) is 0 Å². The van der Waals surface area contributed by atoms with Crippen molar-refractivity contribution >= 4 is 114 Å². The van der Waals surface area contributed by atoms with Gasteiger partial charge < -0.3 is 19.9 Å². The summed E-state index contributed by atoms with van der Waals surface area (Å²) in [6.45, 7) is 12.9. The third-order valence-corrected chi connectivity index (χ3v) is 28.6. The fourth-order valence-electron chi connectivity index (χ4n) is 18.8. The molecule has 4 N–H and O–H groups in total. The summed E-state index contributed by atoms with van der Waals surface area (Å²) in [5.41, 5.74) is 42.9. The molecule has 0 saturated carbocycles. The standard InChI is InChI=1S/C118H118N8S2/c1-79-29-45-87(46-30-79)111-95-61-65-99(119-95)113(89-49-33-81(3)34-50-89)103-69-73-107(123-103)117(108-74-70-104(124-108)114(100-66-62-96(111)120-100)90-51-35-82(4)36-52-90)93-57-41-85(42-58-93)27-23-19-15-11-7-9-13-17-21-25-77-127-128-78-26-22-18-14-10-8-12-16-20-24-28-86-43-59-94(60-44-86)118-109-75-71-105(125-109)115(91-53-37-83(5)38-54-91)101-67-63-97(121-101)112(88-47-31-80(2)32-48-88)98-64-68-102(122-98)116(106-72-76-110(118)126-106)92-55-39-84(6)40-56-92/h29-76,119,121,124,126H,7-28,77-78H2,1-6H3. The molecular weight excluding hydrogens is 1590 g/mol. The second-order valence-corrected chi connectivity index (χ2v) is 38.5. The number of benzene rings is 8. The molecule has 0 amide bonds. The summed E-state index contributed by atoms with van der Waals surface area (Å²) in [6.07, 6.45) is 46.4. The van der Waals surface area contributed by atoms with Crippen molar-refractivity contribution in [1.82, 2.24) is 39.9 Å². The maximum atomic E-state index is 5.58. The van der Waals surface area contributed by atoms with Crippen molar-refractivity contribution in [3.63, 3.8) is 0 Å². The summed E-state index contributed by atoms with van der Waals surface area (Å²) in [4.78, 5) is 37.9. The van der Waals surface area contributed by atoms with E-state index < -0.39 is 0 Å². The fraction of sp³-hybridized carbons (Fsp3) is 0.254. The quantitative estimate of drug-likeness (QED) is 0.0232. The van der Waals surface area contributed by atoms with Crippen molar-refractivity contribution in [3.05, 3.63) is 333 Å². The van der Waals surface area contributed by atoms with Gasteiger partial charge in [-0.2, -0.15) is 0 Å². The molecule has 0 radical (unpaired) electrons. The van der Waals surface area contributed by atoms with E-state index in [0.717, 1.165) is 192 Å². The number of aryl methyl sites for hydroxylation is 8. The molecule has 0 spiro atoms. The number of nitrogens with zero attached hydrogens (tertiary/aromatic N) is 4. The third-order valence-electron chi connectivity index (χ3n) is 26.0. The number of hydrogen-bond acceptors (Lipinski definition) is 6. The molecule has 6 aromatic heterocycles. The van der Waals surface area contributed by atoms with Crippen molar-refractivity contribution < 1.29 is 0 Å². The third kappa shape index (κ3) is 20.6. The predicted molar refractivity (Wildman–Crippen MR) is 554 cm³/mol. The Bertz CT molecular complexity index is 6250. The van der Waals surface area contributed by atoms with Crippen LogP contribution in [-0.2, 0) is 12.8 Å². The van der Waals surface area contributed by atoms with Gasteiger partial charge in [0.15, 0.2) is 0 Å². The molecule has 8 nitrogen and oxygen atoms in total. The molecule has 4 aliphatic rings. The van der Waals surface area contributed by atoms with Gasteiger partial charge in [-0.3, -0.25) is 0 Å². The summed E-state index contributed by atoms with van der Waals surface area (Å²) >= 11 is 0. The highest BCUT2D eigenvalue weighted by Gasteiger charge is 2.24. The van der Waals surface area contributed by atoms with E-state index in [1.165, 1.54) is 184 Å². The lowest BCUT2D eigenvalue weighted by Gasteiger charge is -2.08. The highest BCUT2D eigenvalue weighted by atomic mass is 33.1. The topological polar surface area (TPSA) is 115 Å². The smallest absolute Gasteiger partial charge is 0.0737 e. The van der Waals surface area contributed by atoms with Crippen LogP contribution in [0.2, 0.25) is 0 Å². The zero-order chi connectivity index (χ0) is 87.1. The Morgan fingerprint density at radius 1 is 0.172 bits per heavy atom. The van der Waals surface area contributed by atoms with Gasteiger partial charge in [-0.05, 0) is 233 Å². The Balaban J connectivity index is 0.415. The molecule has 0 atom stereocenters. The molecule has 0 aliphatic carbocycles. The zero-order valence-electron chi connectivity index (χ0n) is 75.3. The first kappa shape index (κ1) is 86.4. The van der Waals surface area contributed by atoms with Crippen molar-refractivity contribution in [2.75, 3.05) is 11.5 Å². The van der Waals surface area contributed by atoms with E-state index in [2.05, 4.69) is 374 Å². The lowest BCUT2D eigenvalue weighted by atomic mass is 9.99. The van der Waals surface area contributed by atoms with Crippen LogP contribution in [0, 0.1) is 41.5 Å². The molecule has 0 fully saturated rings. The van der Waals surface area contributed by atoms with E-state index in [-0.39, 0.29) is 0 Å². The van der Waals surface area contributed by atoms with Crippen molar-refractivity contribution in [2.24, 2.45) is 0 Å². The van der Waals surface area contributed by atoms with Gasteiger partial charge in [0.25, 0.3) is 0 Å². The predicted octanol–water partition coefficient (Wildman–Crippen LogP) is 33.8. The number of nitrogens with one attached hydrogen (secondary N) is 4. The lowest BCUT2D eigenvalue weighted by molar-refractivity contribution is 0.557. The molecule has 16 bridgehead atoms. The number of aromatic amines is 4. The maximum Gasteiger partial charge on any atom is 0.0737 e. The van der Waals surface area contributed by atoms with Crippen LogP contribution in [0.1, 0.15) is 218 Å². The number of fused-ring (bicyclic) bond motifs is 16. The minimum atomic E-state index is 0.914. The monoisotopic (exact) mass is 1710 g/mol. The highest BCUT2D eigenvalue weighted by molar-refractivity contribution is 8.76. The molecule has 128 heavy (non-hydrogen) atoms. The normalized spacial score (nSPS) is 12.2. The summed E-state index contributed by atoms with van der Waals surface area (Å²) < 4.78 is 0. The first-order valence-corrected chi connectivity index (χ1v) is 49.6. The minimum Gasteiger partial charge on any atom is -0.354 e. The maximum absolute atomic E-state index is 5.58. The summed E-state index contributed by atoms with van der Waals surface area (Å²) in [5, 5.41) is 0. The van der Waals surface area contributed by atoms with E-state index in [1.807, 2.05) is 0 Å². The van der Waals surface area contributed by atoms with Gasteiger partial charge in [-0.15, -0.1) is 0 Å². The van der Waals surface area contributed by atoms with Crippen LogP contribution < -0.4 is 0 Å². The largest absolute Gasteiger partial charge is 0.354 e. The van der Waals surface area contributed by atoms with Crippen LogP contribution in [0.15, 0.2) is 243 Å². The van der Waals surface area contributed by atoms with Gasteiger partial charge in [0, 0.05) is 100 Å². The fourth-order valence-corrected chi connectivity index (χ4v) is 21.1. The van der Waals surface area contributed by atoms with E-state index in [4.69, 9.17) is 19.9 Å². The second kappa shape index (κ2) is 41.2. The van der Waals surface area contributed by atoms with Crippen LogP contribution in [0.4, 0.5) is 0 Å². The minimum absolute atomic E-state index is 0.914. The molecule has 642 valence electrons. The van der Waals surface area contributed by atoms with Gasteiger partial charge in [0.1, 0.15) is 0 Å². The van der Waals surface area contributed by atoms with E-state index >= 15 is 0 Å². The van der Waals surface area contributed by atoms with Crippen molar-refractivity contribution in [3.8, 4) is 89.0 Å². The van der Waals surface area contributed by atoms with E-state index in [1.54, 1.807) is 0 Å². The molecule has 14 aromatic rings. The number of H-pyrrole nitrogens is 4. The second-order valence-electron chi connectivity index (χ2n) is 35.8. The van der Waals surface area contributed by atoms with Crippen LogP contribution in [0.5, 0.6) is 0 Å². The summed E-state index contributed by atoms with van der Waals surface area (Å²) in [7, 11) is 4.23. The van der Waals surface area contributed by atoms with Gasteiger partial charge in [0.2, 0.25) is 0 Å². The first-order valence-electron chi connectivity index (χ1n) is 47.1. The first-order chi connectivity index (χ1) is 62.9. The van der Waals surface area contributed by atoms with Crippen LogP contribution in [0.25, 0.3) is 182 Å². The SMILES string of the molecule is Cc1ccc(-c2c3nc(c(-c4ccc(C)cc4)c4ccc([nH]4)c(-c4ccc(CCCCCCCCCCCCSSCCCCCCCCCCCCc5ccc(-c6c7nc(c(-c8ccc(C)cc8)c8ccc([nH]8)c(-c8ccc(C)cc8)c8nc(c(-c9ccc(C)cc9)c9ccc6[nH]9)C=C8)C=C7)cc5)cc4)c4nc(c(-c5ccc(C)cc5)c5ccc2[nH]5)C=C4)C=C3)cc1. The van der Waals surface area contributed by atoms with E-state index in [0.29, 0.717) is 0 Å². The van der Waals surface area contributed by atoms with Crippen molar-refractivity contribution in [2.45, 2.75) is 183 Å². The Kier molecular flexibility index (Phi) is 27.8. The summed E-state index contributed by atoms with van der Waals surface area (Å²) in [6, 6.07) is 89.4. The molecule has 0 unspecified atom stereocenters. The Morgan fingerprint density at radius 3 is 0.492 bits per heavy atom. The molecule has 10 heteroatoms. The lowest BCUT2D eigenvalue weighted by Crippen LogP contribution is -1.91. The number of aromatic nitrogens is 8. The molecule has 4 aliphatic heterocycles. The van der Waals surface area contributed by atoms with Crippen LogP contribution >= 0.6 is 21.6 Å². The van der Waals surface area contributed by atoms with Gasteiger partial charge >= 0.3 is 0 Å². The number of rotatable bonds is 35. The van der Waals surface area contributed by atoms with Gasteiger partial charge in [0.05, 0.1) is 45.6 Å². The molecular formula is C118H118N8S2. The van der Waals surface area contributed by atoms with Crippen molar-refractivity contribution in [1.29, 1.82) is 0 Å². The number of hydrogen-bond donors (Lipinski definition) is 4. The average Bonchev–Trinajstić information content (AvgIpc) is 1.61. The highest BCUT2D eigenvalue weighted by Crippen LogP contribution is 2.43. The molecule has 18 rings (SSSR count). The average molecular weight is 1710 g/mol. The molecule has 8 aromatic carbocycles. The van der Waals surface area contributed by atoms with Crippen LogP contribution in [-0.4, -0.2) is 51.4 Å². The molecule has 0 saturated heterocycles. The van der Waals surface area contributed by atoms with Gasteiger partial charge in [-0.1, -0.05) is 352 Å². The number of unbranched alkanes of at least 4 members (excludes halogenated alkanes) is 18. The van der Waals surface area contributed by atoms with Crippen LogP contribution in [0.3, 0.4) is 0 Å².